The second-order valence-electron chi connectivity index (χ2n) is 7.41. The summed E-state index contributed by atoms with van der Waals surface area (Å²) in [5.41, 5.74) is 0.707. The summed E-state index contributed by atoms with van der Waals surface area (Å²) in [5, 5.41) is 3.28. The summed E-state index contributed by atoms with van der Waals surface area (Å²) >= 11 is 3.13. The van der Waals surface area contributed by atoms with Crippen molar-refractivity contribution in [3.8, 4) is 0 Å². The summed E-state index contributed by atoms with van der Waals surface area (Å²) in [6, 6.07) is 12.3. The number of hydrogen-bond acceptors (Lipinski definition) is 5. The van der Waals surface area contributed by atoms with Crippen molar-refractivity contribution in [2.45, 2.75) is 47.9 Å². The highest BCUT2D eigenvalue weighted by Gasteiger charge is 2.40. The number of carbonyl (C=O) groups excluding carboxylic acids is 2. The van der Waals surface area contributed by atoms with Gasteiger partial charge in [-0.25, -0.2) is 0 Å². The van der Waals surface area contributed by atoms with Crippen molar-refractivity contribution in [1.82, 2.24) is 10.2 Å². The van der Waals surface area contributed by atoms with Crippen LogP contribution in [-0.4, -0.2) is 41.8 Å². The van der Waals surface area contributed by atoms with Gasteiger partial charge in [0.05, 0.1) is 9.09 Å². The van der Waals surface area contributed by atoms with Gasteiger partial charge in [0.25, 0.3) is 5.91 Å². The van der Waals surface area contributed by atoms with Crippen molar-refractivity contribution < 1.29 is 9.59 Å². The molecule has 0 radical (unpaired) electrons. The SMILES string of the molecule is CC(=O)c1ccc(Sc2ccc(C(=O)N[C@@H]3C4CCN(CC4)[C@H]3C)cc2)s1. The minimum atomic E-state index is 0.0205. The molecular formula is C21H24N2O2S2. The number of Topliss-reactive ketones (excluding diaryl/α,β-unsaturated/α-hetero) is 1. The highest BCUT2D eigenvalue weighted by Crippen LogP contribution is 2.34. The van der Waals surface area contributed by atoms with E-state index < -0.39 is 0 Å². The smallest absolute Gasteiger partial charge is 0.251 e. The summed E-state index contributed by atoms with van der Waals surface area (Å²) in [6.45, 7) is 6.15. The molecule has 2 aromatic rings. The quantitative estimate of drug-likeness (QED) is 0.760. The van der Waals surface area contributed by atoms with E-state index >= 15 is 0 Å². The van der Waals surface area contributed by atoms with E-state index in [1.54, 1.807) is 18.7 Å². The maximum absolute atomic E-state index is 12.7. The van der Waals surface area contributed by atoms with Gasteiger partial charge in [-0.15, -0.1) is 11.3 Å². The van der Waals surface area contributed by atoms with Gasteiger partial charge in [0.2, 0.25) is 0 Å². The first-order valence-corrected chi connectivity index (χ1v) is 11.1. The van der Waals surface area contributed by atoms with Crippen LogP contribution in [0.25, 0.3) is 0 Å². The Morgan fingerprint density at radius 1 is 1.11 bits per heavy atom. The Labute approximate surface area is 168 Å². The molecule has 142 valence electrons. The van der Waals surface area contributed by atoms with Crippen LogP contribution < -0.4 is 5.32 Å². The second-order valence-corrected chi connectivity index (χ2v) is 9.87. The predicted molar refractivity (Wildman–Crippen MR) is 110 cm³/mol. The highest BCUT2D eigenvalue weighted by molar-refractivity contribution is 8.01. The first-order chi connectivity index (χ1) is 13.0. The number of amides is 1. The molecule has 27 heavy (non-hydrogen) atoms. The van der Waals surface area contributed by atoms with Crippen LogP contribution in [0.15, 0.2) is 45.5 Å². The monoisotopic (exact) mass is 400 g/mol. The molecule has 3 saturated heterocycles. The van der Waals surface area contributed by atoms with E-state index in [1.807, 2.05) is 36.4 Å². The molecule has 5 rings (SSSR count). The third-order valence-electron chi connectivity index (χ3n) is 5.74. The topological polar surface area (TPSA) is 49.4 Å². The zero-order chi connectivity index (χ0) is 19.0. The lowest BCUT2D eigenvalue weighted by Gasteiger charge is -2.49. The summed E-state index contributed by atoms with van der Waals surface area (Å²) in [5.74, 6) is 0.728. The lowest BCUT2D eigenvalue weighted by molar-refractivity contribution is 0.0217. The number of piperidine rings is 3. The molecule has 3 aliphatic heterocycles. The number of nitrogens with one attached hydrogen (secondary N) is 1. The third-order valence-corrected chi connectivity index (χ3v) is 8.06. The van der Waals surface area contributed by atoms with Crippen LogP contribution in [0.5, 0.6) is 0 Å². The summed E-state index contributed by atoms with van der Waals surface area (Å²) < 4.78 is 1.08. The molecule has 4 nitrogen and oxygen atoms in total. The van der Waals surface area contributed by atoms with Crippen molar-refractivity contribution in [3.05, 3.63) is 46.8 Å². The standard InChI is InChI=1S/C21H24N2O2S2/c1-13-20(15-9-11-23(13)12-10-15)22-21(25)16-3-5-17(6-4-16)26-19-8-7-18(27-19)14(2)24/h3-8,13,15,20H,9-12H2,1-2H3,(H,22,25)/t13-,20-/m0/s1. The van der Waals surface area contributed by atoms with E-state index in [2.05, 4.69) is 17.1 Å². The summed E-state index contributed by atoms with van der Waals surface area (Å²) in [6.07, 6.45) is 2.38. The van der Waals surface area contributed by atoms with Gasteiger partial charge >= 0.3 is 0 Å². The molecule has 0 unspecified atom stereocenters. The van der Waals surface area contributed by atoms with Gasteiger partial charge in [0, 0.05) is 22.5 Å². The van der Waals surface area contributed by atoms with Crippen LogP contribution in [0.1, 0.15) is 46.7 Å². The van der Waals surface area contributed by atoms with E-state index in [9.17, 15) is 9.59 Å². The number of rotatable bonds is 5. The zero-order valence-corrected chi connectivity index (χ0v) is 17.2. The number of thiophene rings is 1. The fourth-order valence-electron chi connectivity index (χ4n) is 4.13. The Balaban J connectivity index is 1.39. The summed E-state index contributed by atoms with van der Waals surface area (Å²) in [4.78, 5) is 28.5. The largest absolute Gasteiger partial charge is 0.347 e. The molecule has 1 aromatic carbocycles. The number of ketones is 1. The molecule has 1 N–H and O–H groups in total. The van der Waals surface area contributed by atoms with Crippen molar-refractivity contribution in [2.75, 3.05) is 13.1 Å². The molecule has 0 saturated carbocycles. The first kappa shape index (κ1) is 18.7. The van der Waals surface area contributed by atoms with E-state index in [1.165, 1.54) is 24.2 Å². The van der Waals surface area contributed by atoms with Crippen molar-refractivity contribution in [3.63, 3.8) is 0 Å². The third kappa shape index (κ3) is 3.98. The number of nitrogens with zero attached hydrogens (tertiary/aromatic N) is 1. The molecule has 2 atom stereocenters. The average molecular weight is 401 g/mol. The van der Waals surface area contributed by atoms with Crippen molar-refractivity contribution in [1.29, 1.82) is 0 Å². The maximum atomic E-state index is 12.7. The molecule has 3 fully saturated rings. The molecule has 1 aromatic heterocycles. The van der Waals surface area contributed by atoms with E-state index in [0.29, 0.717) is 17.5 Å². The molecule has 4 heterocycles. The minimum absolute atomic E-state index is 0.0205. The van der Waals surface area contributed by atoms with Gasteiger partial charge in [-0.2, -0.15) is 0 Å². The zero-order valence-electron chi connectivity index (χ0n) is 15.6. The number of hydrogen-bond donors (Lipinski definition) is 1. The Bertz CT molecular complexity index is 836. The van der Waals surface area contributed by atoms with Crippen LogP contribution in [0.2, 0.25) is 0 Å². The summed E-state index contributed by atoms with van der Waals surface area (Å²) in [7, 11) is 0. The minimum Gasteiger partial charge on any atom is -0.347 e. The van der Waals surface area contributed by atoms with Gasteiger partial charge in [-0.05, 0) is 82.1 Å². The molecular weight excluding hydrogens is 376 g/mol. The number of benzene rings is 1. The molecule has 6 heteroatoms. The maximum Gasteiger partial charge on any atom is 0.251 e. The van der Waals surface area contributed by atoms with Crippen LogP contribution in [0.4, 0.5) is 0 Å². The fourth-order valence-corrected chi connectivity index (χ4v) is 6.13. The average Bonchev–Trinajstić information content (AvgIpc) is 3.14. The van der Waals surface area contributed by atoms with E-state index in [0.717, 1.165) is 27.1 Å². The molecule has 2 bridgehead atoms. The Kier molecular flexibility index (Phi) is 5.39. The Hall–Kier alpha value is -1.63. The normalized spacial score (nSPS) is 26.7. The van der Waals surface area contributed by atoms with Gasteiger partial charge in [-0.3, -0.25) is 14.5 Å². The van der Waals surface area contributed by atoms with E-state index in [4.69, 9.17) is 0 Å². The highest BCUT2D eigenvalue weighted by atomic mass is 32.2. The van der Waals surface area contributed by atoms with Crippen LogP contribution in [0.3, 0.4) is 0 Å². The molecule has 0 aliphatic carbocycles. The van der Waals surface area contributed by atoms with Crippen molar-refractivity contribution >= 4 is 34.8 Å². The second kappa shape index (κ2) is 7.78. The fraction of sp³-hybridized carbons (Fsp3) is 0.429. The van der Waals surface area contributed by atoms with Crippen LogP contribution in [-0.2, 0) is 0 Å². The number of fused-ring (bicyclic) bond motifs is 3. The first-order valence-electron chi connectivity index (χ1n) is 9.45. The van der Waals surface area contributed by atoms with Gasteiger partial charge in [0.15, 0.2) is 5.78 Å². The van der Waals surface area contributed by atoms with Crippen LogP contribution in [0, 0.1) is 5.92 Å². The van der Waals surface area contributed by atoms with Crippen molar-refractivity contribution in [2.24, 2.45) is 5.92 Å². The Morgan fingerprint density at radius 3 is 2.41 bits per heavy atom. The van der Waals surface area contributed by atoms with E-state index in [-0.39, 0.29) is 17.7 Å². The predicted octanol–water partition coefficient (Wildman–Crippen LogP) is 4.31. The molecule has 0 spiro atoms. The Morgan fingerprint density at radius 2 is 1.81 bits per heavy atom. The lowest BCUT2D eigenvalue weighted by Crippen LogP contribution is -2.62. The van der Waals surface area contributed by atoms with Crippen LogP contribution >= 0.6 is 23.1 Å². The van der Waals surface area contributed by atoms with Gasteiger partial charge in [-0.1, -0.05) is 11.8 Å². The molecule has 1 amide bonds. The molecule has 3 aliphatic rings. The van der Waals surface area contributed by atoms with Gasteiger partial charge in [0.1, 0.15) is 0 Å². The van der Waals surface area contributed by atoms with Gasteiger partial charge < -0.3 is 5.32 Å². The lowest BCUT2D eigenvalue weighted by atomic mass is 9.79. The number of carbonyl (C=O) groups is 2.